The average molecular weight is 1090 g/mol. The average Bonchev–Trinajstić information content (AvgIpc) is 4.15. The van der Waals surface area contributed by atoms with E-state index in [2.05, 4.69) is 26.3 Å². The Bertz CT molecular complexity index is 3430. The van der Waals surface area contributed by atoms with E-state index in [1.54, 1.807) is 24.4 Å². The Kier molecular flexibility index (Phi) is 13.9. The second-order valence-electron chi connectivity index (χ2n) is 22.9. The van der Waals surface area contributed by atoms with Crippen LogP contribution >= 0.6 is 11.3 Å². The summed E-state index contributed by atoms with van der Waals surface area (Å²) >= 11 is 1.43. The van der Waals surface area contributed by atoms with Gasteiger partial charge in [-0.3, -0.25) is 49.0 Å². The first-order valence-corrected chi connectivity index (χ1v) is 28.7. The number of aromatic nitrogens is 4. The number of carboxylic acids is 1. The Morgan fingerprint density at radius 2 is 1.58 bits per heavy atom. The fourth-order valence-corrected chi connectivity index (χ4v) is 15.3. The molecule has 7 aliphatic rings. The lowest BCUT2D eigenvalue weighted by Gasteiger charge is -2.61. The van der Waals surface area contributed by atoms with E-state index in [0.29, 0.717) is 78.7 Å². The molecule has 79 heavy (non-hydrogen) atoms. The minimum absolute atomic E-state index is 0.0546. The Hall–Kier alpha value is -7.80. The molecule has 3 aromatic carbocycles. The molecule has 1 saturated heterocycles. The number of carbonyl (C=O) groups is 7. The Labute approximate surface area is 461 Å². The van der Waals surface area contributed by atoms with Crippen molar-refractivity contribution in [3.63, 3.8) is 0 Å². The molecule has 5 fully saturated rings. The number of hydrogen-bond acceptors (Lipinski definition) is 13. The van der Waals surface area contributed by atoms with E-state index in [-0.39, 0.29) is 46.9 Å². The van der Waals surface area contributed by atoms with Gasteiger partial charge in [0.05, 0.1) is 33.0 Å². The molecule has 0 spiro atoms. The van der Waals surface area contributed by atoms with Gasteiger partial charge in [-0.05, 0) is 142 Å². The largest absolute Gasteiger partial charge is 0.476 e. The number of thiazole rings is 1. The third-order valence-corrected chi connectivity index (χ3v) is 18.6. The number of para-hydroxylation sites is 1. The van der Waals surface area contributed by atoms with Crippen LogP contribution in [0.3, 0.4) is 0 Å². The zero-order chi connectivity index (χ0) is 54.6. The van der Waals surface area contributed by atoms with E-state index in [1.165, 1.54) is 11.3 Å². The second-order valence-corrected chi connectivity index (χ2v) is 24.0. The first kappa shape index (κ1) is 51.9. The van der Waals surface area contributed by atoms with E-state index in [1.807, 2.05) is 71.1 Å². The predicted octanol–water partition coefficient (Wildman–Crippen LogP) is 8.93. The summed E-state index contributed by atoms with van der Waals surface area (Å²) in [4.78, 5) is 104. The lowest BCUT2D eigenvalue weighted by Crippen LogP contribution is -2.58. The number of anilines is 3. The number of imide groups is 2. The molecule has 3 aromatic heterocycles. The zero-order valence-electron chi connectivity index (χ0n) is 44.3. The summed E-state index contributed by atoms with van der Waals surface area (Å²) in [6.45, 7) is 4.92. The van der Waals surface area contributed by atoms with Gasteiger partial charge in [-0.15, -0.1) is 0 Å². The molecule has 13 rings (SSSR count). The van der Waals surface area contributed by atoms with Crippen LogP contribution in [-0.4, -0.2) is 96.8 Å². The maximum absolute atomic E-state index is 14.3. The van der Waals surface area contributed by atoms with Gasteiger partial charge >= 0.3 is 5.97 Å². The summed E-state index contributed by atoms with van der Waals surface area (Å²) in [6.07, 6.45) is 14.3. The number of carbonyl (C=O) groups excluding carboxylic acids is 6. The fraction of sp³-hybridized carbons (Fsp3) is 0.433. The molecule has 4 saturated carbocycles. The van der Waals surface area contributed by atoms with Crippen molar-refractivity contribution in [2.45, 2.75) is 122 Å². The number of unbranched alkanes of at least 4 members (excludes halogenated alkanes) is 5. The zero-order valence-corrected chi connectivity index (χ0v) is 45.1. The Morgan fingerprint density at radius 1 is 0.810 bits per heavy atom. The molecule has 6 aromatic rings. The molecule has 4 aliphatic carbocycles. The Balaban J connectivity index is 0.625. The molecule has 3 atom stereocenters. The highest BCUT2D eigenvalue weighted by molar-refractivity contribution is 7.22. The van der Waals surface area contributed by atoms with Crippen molar-refractivity contribution < 1.29 is 38.7 Å². The number of fused-ring (bicyclic) bond motifs is 3. The van der Waals surface area contributed by atoms with Gasteiger partial charge in [0.15, 0.2) is 10.8 Å². The van der Waals surface area contributed by atoms with Gasteiger partial charge in [0.2, 0.25) is 17.7 Å². The standard InChI is InChI=1S/C60H64N10O8S/c1-35-42(39-18-20-48(65-51(39)56(76)77)68-25-22-38-12-10-13-40(43(38)32-68)52(72)67-58-64-44-15-6-7-17-47(44)79-58)31-63-69(35)34-59-27-36-26-37(28-59)30-60(29-36,33-59)57(78)62-24-9-5-3-2-4-8-23-61-45-16-11-14-41-50(45)55(75)70(54(41)74)46-19-21-49(71)66-53(46)73/h6-7,10-18,20,31,36-37,46,61H,2-5,8-9,19,21-30,32-34H2,1H3,(H,62,78)(H,76,77)(H,64,67,72)(H,66,71,73)/t36-,37-,46-,59?,60?/m1/s1. The summed E-state index contributed by atoms with van der Waals surface area (Å²) in [6, 6.07) is 21.3. The molecule has 19 heteroatoms. The summed E-state index contributed by atoms with van der Waals surface area (Å²) in [5.74, 6) is -1.78. The quantitative estimate of drug-likeness (QED) is 0.0377. The van der Waals surface area contributed by atoms with E-state index < -0.39 is 41.1 Å². The van der Waals surface area contributed by atoms with E-state index in [9.17, 15) is 38.7 Å². The topological polar surface area (TPSA) is 238 Å². The highest BCUT2D eigenvalue weighted by Gasteiger charge is 2.60. The number of hydrogen-bond donors (Lipinski definition) is 5. The number of aromatic carboxylic acids is 1. The van der Waals surface area contributed by atoms with Gasteiger partial charge in [0.25, 0.3) is 17.7 Å². The SMILES string of the molecule is Cc1c(-c2ccc(N3CCc4cccc(C(=O)Nc5nc6ccccc6s5)c4C3)nc2C(=O)O)cnn1CC12C[C@H]3C[C@H](C1)CC(C(=O)NCCCCCCCCNc1cccc4c1C(=O)N([C@@H]1CCC(=O)NC1=O)C4=O)(C3)C2. The number of piperidine rings is 1. The van der Waals surface area contributed by atoms with Crippen LogP contribution < -0.4 is 26.2 Å². The normalized spacial score (nSPS) is 23.0. The lowest BCUT2D eigenvalue weighted by molar-refractivity contribution is -0.159. The molecule has 408 valence electrons. The van der Waals surface area contributed by atoms with Crippen LogP contribution in [-0.2, 0) is 33.9 Å². The van der Waals surface area contributed by atoms with E-state index >= 15 is 0 Å². The number of rotatable bonds is 19. The molecule has 0 unspecified atom stereocenters. The van der Waals surface area contributed by atoms with Crippen LogP contribution in [0.5, 0.6) is 0 Å². The molecule has 5 N–H and O–H groups in total. The first-order chi connectivity index (χ1) is 38.2. The predicted molar refractivity (Wildman–Crippen MR) is 298 cm³/mol. The number of nitrogens with zero attached hydrogens (tertiary/aromatic N) is 6. The minimum atomic E-state index is -1.13. The summed E-state index contributed by atoms with van der Waals surface area (Å²) in [5, 5.41) is 28.0. The first-order valence-electron chi connectivity index (χ1n) is 27.9. The summed E-state index contributed by atoms with van der Waals surface area (Å²) in [5.41, 5.74) is 5.96. The maximum atomic E-state index is 14.3. The van der Waals surface area contributed by atoms with Crippen LogP contribution in [0.2, 0.25) is 0 Å². The molecular formula is C60H64N10O8S. The van der Waals surface area contributed by atoms with Crippen molar-refractivity contribution in [2.24, 2.45) is 22.7 Å². The van der Waals surface area contributed by atoms with Gasteiger partial charge < -0.3 is 20.6 Å². The molecule has 18 nitrogen and oxygen atoms in total. The molecule has 4 bridgehead atoms. The minimum Gasteiger partial charge on any atom is -0.476 e. The van der Waals surface area contributed by atoms with Crippen molar-refractivity contribution in [2.75, 3.05) is 35.2 Å². The van der Waals surface area contributed by atoms with E-state index in [4.69, 9.17) is 10.1 Å². The highest BCUT2D eigenvalue weighted by Crippen LogP contribution is 2.66. The van der Waals surface area contributed by atoms with Crippen LogP contribution in [0.15, 0.2) is 79.0 Å². The highest BCUT2D eigenvalue weighted by atomic mass is 32.1. The summed E-state index contributed by atoms with van der Waals surface area (Å²) in [7, 11) is 0. The molecule has 0 radical (unpaired) electrons. The van der Waals surface area contributed by atoms with Gasteiger partial charge in [0, 0.05) is 67.2 Å². The van der Waals surface area contributed by atoms with Crippen molar-refractivity contribution >= 4 is 79.6 Å². The number of pyridine rings is 1. The van der Waals surface area contributed by atoms with Gasteiger partial charge in [-0.25, -0.2) is 14.8 Å². The van der Waals surface area contributed by atoms with Crippen LogP contribution in [0.1, 0.15) is 148 Å². The third-order valence-electron chi connectivity index (χ3n) is 17.7. The van der Waals surface area contributed by atoms with Crippen molar-refractivity contribution in [1.82, 2.24) is 35.3 Å². The van der Waals surface area contributed by atoms with Crippen molar-refractivity contribution in [3.8, 4) is 11.1 Å². The van der Waals surface area contributed by atoms with Gasteiger partial charge in [-0.1, -0.05) is 67.4 Å². The fourth-order valence-electron chi connectivity index (χ4n) is 14.4. The smallest absolute Gasteiger partial charge is 0.355 e. The number of nitrogens with one attached hydrogen (secondary N) is 4. The van der Waals surface area contributed by atoms with Crippen LogP contribution in [0, 0.1) is 29.6 Å². The third kappa shape index (κ3) is 9.94. The Morgan fingerprint density at radius 3 is 2.37 bits per heavy atom. The van der Waals surface area contributed by atoms with Gasteiger partial charge in [-0.2, -0.15) is 5.10 Å². The monoisotopic (exact) mass is 1080 g/mol. The molecular weight excluding hydrogens is 1020 g/mol. The number of benzene rings is 3. The molecule has 6 amide bonds. The van der Waals surface area contributed by atoms with Crippen molar-refractivity contribution in [1.29, 1.82) is 0 Å². The number of carboxylic acid groups (broad SMARTS) is 1. The second kappa shape index (κ2) is 21.1. The summed E-state index contributed by atoms with van der Waals surface area (Å²) < 4.78 is 3.02. The van der Waals surface area contributed by atoms with Crippen molar-refractivity contribution in [3.05, 3.63) is 118 Å². The maximum Gasteiger partial charge on any atom is 0.355 e. The lowest BCUT2D eigenvalue weighted by atomic mass is 9.44. The van der Waals surface area contributed by atoms with Crippen LogP contribution in [0.25, 0.3) is 21.3 Å². The molecule has 3 aliphatic heterocycles. The van der Waals surface area contributed by atoms with Crippen LogP contribution in [0.4, 0.5) is 16.6 Å². The molecule has 6 heterocycles. The van der Waals surface area contributed by atoms with E-state index in [0.717, 1.165) is 115 Å². The van der Waals surface area contributed by atoms with Gasteiger partial charge in [0.1, 0.15) is 11.9 Å². The number of amides is 6.